The molecule has 1 saturated carbocycles. The minimum absolute atomic E-state index is 0.202. The molecule has 1 aliphatic rings. The van der Waals surface area contributed by atoms with Gasteiger partial charge >= 0.3 is 0 Å². The van der Waals surface area contributed by atoms with Crippen LogP contribution in [0.2, 0.25) is 5.02 Å². The van der Waals surface area contributed by atoms with Crippen LogP contribution in [-0.4, -0.2) is 12.4 Å². The predicted molar refractivity (Wildman–Crippen MR) is 73.4 cm³/mol. The van der Waals surface area contributed by atoms with Crippen molar-refractivity contribution in [3.05, 3.63) is 28.8 Å². The van der Waals surface area contributed by atoms with Crippen LogP contribution in [0.1, 0.15) is 43.5 Å². The van der Waals surface area contributed by atoms with Crippen molar-refractivity contribution in [2.24, 2.45) is 11.8 Å². The number of halogens is 1. The molecule has 2 rings (SSSR count). The Kier molecular flexibility index (Phi) is 4.28. The Morgan fingerprint density at radius 3 is 2.72 bits per heavy atom. The number of benzene rings is 1. The second kappa shape index (κ2) is 5.75. The lowest BCUT2D eigenvalue weighted by Gasteiger charge is -2.32. The zero-order chi connectivity index (χ0) is 13.1. The number of aldehydes is 1. The highest BCUT2D eigenvalue weighted by atomic mass is 35.5. The molecule has 1 aliphatic carbocycles. The number of ether oxygens (including phenoxy) is 1. The summed E-state index contributed by atoms with van der Waals surface area (Å²) < 4.78 is 5.96. The average molecular weight is 267 g/mol. The molecule has 3 heteroatoms. The summed E-state index contributed by atoms with van der Waals surface area (Å²) in [5.41, 5.74) is 0.463. The Hall–Kier alpha value is -1.02. The van der Waals surface area contributed by atoms with Gasteiger partial charge in [-0.25, -0.2) is 0 Å². The van der Waals surface area contributed by atoms with Crippen molar-refractivity contribution in [3.63, 3.8) is 0 Å². The highest BCUT2D eigenvalue weighted by Crippen LogP contribution is 2.33. The fourth-order valence-corrected chi connectivity index (χ4v) is 2.73. The molecule has 1 aromatic carbocycles. The van der Waals surface area contributed by atoms with E-state index in [9.17, 15) is 4.79 Å². The fraction of sp³-hybridized carbons (Fsp3) is 0.533. The van der Waals surface area contributed by atoms with E-state index in [0.29, 0.717) is 22.3 Å². The minimum Gasteiger partial charge on any atom is -0.490 e. The third kappa shape index (κ3) is 2.86. The summed E-state index contributed by atoms with van der Waals surface area (Å²) in [6, 6.07) is 5.35. The van der Waals surface area contributed by atoms with Gasteiger partial charge < -0.3 is 4.74 Å². The van der Waals surface area contributed by atoms with Crippen molar-refractivity contribution >= 4 is 17.9 Å². The van der Waals surface area contributed by atoms with Crippen LogP contribution in [0.15, 0.2) is 18.2 Å². The Morgan fingerprint density at radius 2 is 2.06 bits per heavy atom. The standard InChI is InChI=1S/C15H19ClO2/c1-10-6-7-12(8-11(10)2)18-15-5-3-4-14(16)13(15)9-17/h3-5,9-12H,6-8H2,1-2H3. The van der Waals surface area contributed by atoms with E-state index in [1.54, 1.807) is 6.07 Å². The van der Waals surface area contributed by atoms with Crippen molar-refractivity contribution < 1.29 is 9.53 Å². The lowest BCUT2D eigenvalue weighted by molar-refractivity contribution is 0.0977. The van der Waals surface area contributed by atoms with Crippen molar-refractivity contribution in [1.82, 2.24) is 0 Å². The average Bonchev–Trinajstić information content (AvgIpc) is 2.34. The molecule has 1 aromatic rings. The van der Waals surface area contributed by atoms with Crippen LogP contribution in [-0.2, 0) is 0 Å². The van der Waals surface area contributed by atoms with E-state index in [2.05, 4.69) is 13.8 Å². The monoisotopic (exact) mass is 266 g/mol. The number of hydrogen-bond donors (Lipinski definition) is 0. The summed E-state index contributed by atoms with van der Waals surface area (Å²) in [6.07, 6.45) is 4.26. The third-order valence-corrected chi connectivity index (χ3v) is 4.30. The van der Waals surface area contributed by atoms with Crippen LogP contribution in [0, 0.1) is 11.8 Å². The van der Waals surface area contributed by atoms with Gasteiger partial charge in [0, 0.05) is 0 Å². The number of carbonyl (C=O) groups excluding carboxylic acids is 1. The Morgan fingerprint density at radius 1 is 1.28 bits per heavy atom. The zero-order valence-corrected chi connectivity index (χ0v) is 11.6. The second-order valence-corrected chi connectivity index (χ2v) is 5.68. The molecule has 0 bridgehead atoms. The quantitative estimate of drug-likeness (QED) is 0.760. The van der Waals surface area contributed by atoms with Crippen molar-refractivity contribution in [2.45, 2.75) is 39.2 Å². The Balaban J connectivity index is 2.10. The molecule has 0 saturated heterocycles. The Bertz CT molecular complexity index is 431. The predicted octanol–water partition coefficient (Wildman–Crippen LogP) is 4.36. The van der Waals surface area contributed by atoms with Crippen molar-refractivity contribution in [2.75, 3.05) is 0 Å². The van der Waals surface area contributed by atoms with E-state index in [0.717, 1.165) is 25.0 Å². The van der Waals surface area contributed by atoms with E-state index < -0.39 is 0 Å². The van der Waals surface area contributed by atoms with Crippen LogP contribution >= 0.6 is 11.6 Å². The molecular formula is C15H19ClO2. The first-order chi connectivity index (χ1) is 8.61. The molecule has 2 nitrogen and oxygen atoms in total. The van der Waals surface area contributed by atoms with Gasteiger partial charge in [-0.1, -0.05) is 31.5 Å². The van der Waals surface area contributed by atoms with Crippen molar-refractivity contribution in [3.8, 4) is 5.75 Å². The van der Waals surface area contributed by atoms with Crippen LogP contribution < -0.4 is 4.74 Å². The molecule has 0 amide bonds. The van der Waals surface area contributed by atoms with Crippen LogP contribution in [0.25, 0.3) is 0 Å². The minimum atomic E-state index is 0.202. The number of rotatable bonds is 3. The van der Waals surface area contributed by atoms with Gasteiger partial charge in [-0.15, -0.1) is 0 Å². The van der Waals surface area contributed by atoms with Gasteiger partial charge in [-0.3, -0.25) is 4.79 Å². The maximum Gasteiger partial charge on any atom is 0.155 e. The maximum absolute atomic E-state index is 11.0. The second-order valence-electron chi connectivity index (χ2n) is 5.28. The summed E-state index contributed by atoms with van der Waals surface area (Å²) in [5, 5.41) is 0.458. The lowest BCUT2D eigenvalue weighted by atomic mass is 9.80. The molecular weight excluding hydrogens is 248 g/mol. The molecule has 1 fully saturated rings. The Labute approximate surface area is 113 Å². The molecule has 98 valence electrons. The summed E-state index contributed by atoms with van der Waals surface area (Å²) in [6.45, 7) is 4.55. The van der Waals surface area contributed by atoms with E-state index in [-0.39, 0.29) is 6.10 Å². The molecule has 0 N–H and O–H groups in total. The first kappa shape index (κ1) is 13.4. The van der Waals surface area contributed by atoms with E-state index >= 15 is 0 Å². The molecule has 0 radical (unpaired) electrons. The van der Waals surface area contributed by atoms with E-state index in [1.165, 1.54) is 6.42 Å². The molecule has 0 heterocycles. The van der Waals surface area contributed by atoms with Gasteiger partial charge in [0.15, 0.2) is 6.29 Å². The summed E-state index contributed by atoms with van der Waals surface area (Å²) in [7, 11) is 0. The molecule has 3 unspecified atom stereocenters. The highest BCUT2D eigenvalue weighted by molar-refractivity contribution is 6.33. The smallest absolute Gasteiger partial charge is 0.155 e. The highest BCUT2D eigenvalue weighted by Gasteiger charge is 2.26. The molecule has 3 atom stereocenters. The number of carbonyl (C=O) groups is 1. The first-order valence-corrected chi connectivity index (χ1v) is 6.90. The topological polar surface area (TPSA) is 26.3 Å². The van der Waals surface area contributed by atoms with Crippen LogP contribution in [0.3, 0.4) is 0 Å². The fourth-order valence-electron chi connectivity index (χ4n) is 2.52. The first-order valence-electron chi connectivity index (χ1n) is 6.52. The SMILES string of the molecule is CC1CCC(Oc2cccc(Cl)c2C=O)CC1C. The zero-order valence-electron chi connectivity index (χ0n) is 10.9. The molecule has 18 heavy (non-hydrogen) atoms. The van der Waals surface area contributed by atoms with Gasteiger partial charge in [0.1, 0.15) is 5.75 Å². The van der Waals surface area contributed by atoms with Gasteiger partial charge in [-0.2, -0.15) is 0 Å². The van der Waals surface area contributed by atoms with Gasteiger partial charge in [0.2, 0.25) is 0 Å². The van der Waals surface area contributed by atoms with Gasteiger partial charge in [-0.05, 0) is 43.2 Å². The van der Waals surface area contributed by atoms with E-state index in [4.69, 9.17) is 16.3 Å². The molecule has 0 aliphatic heterocycles. The lowest BCUT2D eigenvalue weighted by Crippen LogP contribution is -2.29. The molecule has 0 aromatic heterocycles. The summed E-state index contributed by atoms with van der Waals surface area (Å²) in [4.78, 5) is 11.0. The van der Waals surface area contributed by atoms with Gasteiger partial charge in [0.25, 0.3) is 0 Å². The van der Waals surface area contributed by atoms with Gasteiger partial charge in [0.05, 0.1) is 16.7 Å². The maximum atomic E-state index is 11.0. The third-order valence-electron chi connectivity index (χ3n) is 3.97. The van der Waals surface area contributed by atoms with E-state index in [1.807, 2.05) is 12.1 Å². The van der Waals surface area contributed by atoms with Crippen LogP contribution in [0.4, 0.5) is 0 Å². The summed E-state index contributed by atoms with van der Waals surface area (Å²) >= 11 is 5.99. The summed E-state index contributed by atoms with van der Waals surface area (Å²) in [5.74, 6) is 2.04. The normalized spacial score (nSPS) is 27.8. The number of hydrogen-bond acceptors (Lipinski definition) is 2. The largest absolute Gasteiger partial charge is 0.490 e. The van der Waals surface area contributed by atoms with Crippen molar-refractivity contribution in [1.29, 1.82) is 0 Å². The molecule has 0 spiro atoms. The van der Waals surface area contributed by atoms with Crippen LogP contribution in [0.5, 0.6) is 5.75 Å².